The normalized spacial score (nSPS) is 34.4. The first-order valence-corrected chi connectivity index (χ1v) is 7.33. The summed E-state index contributed by atoms with van der Waals surface area (Å²) in [6, 6.07) is 11.1. The Kier molecular flexibility index (Phi) is 2.95. The molecule has 2 unspecified atom stereocenters. The predicted octanol–water partition coefficient (Wildman–Crippen LogP) is 3.38. The van der Waals surface area contributed by atoms with Gasteiger partial charge in [0.1, 0.15) is 0 Å². The van der Waals surface area contributed by atoms with Crippen LogP contribution in [0.1, 0.15) is 37.2 Å². The number of hydrogen-bond donors (Lipinski definition) is 1. The molecule has 2 heteroatoms. The van der Waals surface area contributed by atoms with Crippen molar-refractivity contribution in [2.24, 2.45) is 0 Å². The second-order valence-corrected chi connectivity index (χ2v) is 6.30. The Balaban J connectivity index is 1.91. The van der Waals surface area contributed by atoms with Crippen molar-refractivity contribution in [2.75, 3.05) is 12.3 Å². The average Bonchev–Trinajstić information content (AvgIpc) is 2.80. The quantitative estimate of drug-likeness (QED) is 0.798. The number of thioether (sulfide) groups is 1. The van der Waals surface area contributed by atoms with Crippen LogP contribution in [-0.4, -0.2) is 17.2 Å². The molecule has 1 aliphatic heterocycles. The van der Waals surface area contributed by atoms with Gasteiger partial charge < -0.3 is 5.32 Å². The monoisotopic (exact) mass is 233 g/mol. The van der Waals surface area contributed by atoms with Crippen LogP contribution in [0.5, 0.6) is 0 Å². The van der Waals surface area contributed by atoms with Crippen LogP contribution < -0.4 is 5.32 Å². The van der Waals surface area contributed by atoms with Crippen molar-refractivity contribution in [3.05, 3.63) is 35.9 Å². The van der Waals surface area contributed by atoms with Crippen molar-refractivity contribution in [1.82, 2.24) is 5.32 Å². The molecule has 1 heterocycles. The lowest BCUT2D eigenvalue weighted by Crippen LogP contribution is -2.45. The molecule has 1 spiro atoms. The molecule has 0 amide bonds. The van der Waals surface area contributed by atoms with E-state index in [1.807, 2.05) is 0 Å². The Bertz CT molecular complexity index is 343. The summed E-state index contributed by atoms with van der Waals surface area (Å²) in [7, 11) is 0. The lowest BCUT2D eigenvalue weighted by molar-refractivity contribution is 0.309. The molecule has 1 saturated heterocycles. The molecule has 1 aliphatic carbocycles. The average molecular weight is 233 g/mol. The van der Waals surface area contributed by atoms with Gasteiger partial charge in [-0.05, 0) is 18.4 Å². The highest BCUT2D eigenvalue weighted by atomic mass is 32.2. The summed E-state index contributed by atoms with van der Waals surface area (Å²) >= 11 is 2.16. The van der Waals surface area contributed by atoms with Gasteiger partial charge >= 0.3 is 0 Å². The molecule has 0 radical (unpaired) electrons. The summed E-state index contributed by atoms with van der Waals surface area (Å²) in [6.45, 7) is 1.19. The van der Waals surface area contributed by atoms with E-state index in [2.05, 4.69) is 47.4 Å². The van der Waals surface area contributed by atoms with Gasteiger partial charge in [0.25, 0.3) is 0 Å². The van der Waals surface area contributed by atoms with Gasteiger partial charge in [0.05, 0.1) is 4.87 Å². The molecule has 86 valence electrons. The minimum absolute atomic E-state index is 0.361. The van der Waals surface area contributed by atoms with Crippen LogP contribution in [0.2, 0.25) is 0 Å². The van der Waals surface area contributed by atoms with Gasteiger partial charge in [-0.3, -0.25) is 0 Å². The largest absolute Gasteiger partial charge is 0.301 e. The molecule has 1 N–H and O–H groups in total. The Morgan fingerprint density at radius 1 is 1.19 bits per heavy atom. The zero-order valence-electron chi connectivity index (χ0n) is 9.61. The van der Waals surface area contributed by atoms with Gasteiger partial charge in [-0.1, -0.05) is 43.2 Å². The predicted molar refractivity (Wildman–Crippen MR) is 70.8 cm³/mol. The molecule has 16 heavy (non-hydrogen) atoms. The Morgan fingerprint density at radius 3 is 2.81 bits per heavy atom. The molecule has 1 nitrogen and oxygen atoms in total. The fraction of sp³-hybridized carbons (Fsp3) is 0.571. The van der Waals surface area contributed by atoms with Gasteiger partial charge in [-0.15, -0.1) is 11.8 Å². The van der Waals surface area contributed by atoms with E-state index in [0.717, 1.165) is 5.92 Å². The Morgan fingerprint density at radius 2 is 2.06 bits per heavy atom. The van der Waals surface area contributed by atoms with E-state index >= 15 is 0 Å². The summed E-state index contributed by atoms with van der Waals surface area (Å²) in [5.41, 5.74) is 1.53. The van der Waals surface area contributed by atoms with E-state index in [4.69, 9.17) is 0 Å². The third-order valence-corrected chi connectivity index (χ3v) is 5.50. The lowest BCUT2D eigenvalue weighted by Gasteiger charge is -2.41. The van der Waals surface area contributed by atoms with Gasteiger partial charge in [0.15, 0.2) is 0 Å². The molecule has 0 bridgehead atoms. The minimum atomic E-state index is 0.361. The van der Waals surface area contributed by atoms with Crippen LogP contribution in [0.4, 0.5) is 0 Å². The molecule has 1 saturated carbocycles. The van der Waals surface area contributed by atoms with Crippen molar-refractivity contribution < 1.29 is 0 Å². The second kappa shape index (κ2) is 4.42. The first-order chi connectivity index (χ1) is 7.91. The van der Waals surface area contributed by atoms with E-state index < -0.39 is 0 Å². The summed E-state index contributed by atoms with van der Waals surface area (Å²) < 4.78 is 0. The summed E-state index contributed by atoms with van der Waals surface area (Å²) in [5, 5.41) is 3.78. The fourth-order valence-electron chi connectivity index (χ4n) is 3.20. The maximum absolute atomic E-state index is 3.78. The van der Waals surface area contributed by atoms with Gasteiger partial charge in [0.2, 0.25) is 0 Å². The Hall–Kier alpha value is -0.470. The molecule has 3 rings (SSSR count). The van der Waals surface area contributed by atoms with E-state index in [1.165, 1.54) is 43.5 Å². The fourth-order valence-corrected chi connectivity index (χ4v) is 4.71. The summed E-state index contributed by atoms with van der Waals surface area (Å²) in [5.74, 6) is 2.00. The molecular formula is C14H19NS. The topological polar surface area (TPSA) is 12.0 Å². The molecule has 2 atom stereocenters. The van der Waals surface area contributed by atoms with E-state index in [-0.39, 0.29) is 0 Å². The van der Waals surface area contributed by atoms with Crippen molar-refractivity contribution in [2.45, 2.75) is 36.5 Å². The third kappa shape index (κ3) is 1.78. The van der Waals surface area contributed by atoms with Crippen LogP contribution in [0.3, 0.4) is 0 Å². The van der Waals surface area contributed by atoms with E-state index in [1.54, 1.807) is 0 Å². The first kappa shape index (κ1) is 10.7. The first-order valence-electron chi connectivity index (χ1n) is 6.35. The zero-order valence-corrected chi connectivity index (χ0v) is 10.4. The molecule has 2 aliphatic rings. The van der Waals surface area contributed by atoms with Crippen molar-refractivity contribution in [1.29, 1.82) is 0 Å². The van der Waals surface area contributed by atoms with Crippen LogP contribution in [-0.2, 0) is 0 Å². The van der Waals surface area contributed by atoms with Crippen molar-refractivity contribution >= 4 is 11.8 Å². The highest BCUT2D eigenvalue weighted by Crippen LogP contribution is 2.49. The standard InChI is InChI=1S/C14H19NS/c1-2-6-12(7-3-1)13-8-4-5-9-14(13)15-10-11-16-14/h1-3,6-7,13,15H,4-5,8-11H2. The van der Waals surface area contributed by atoms with E-state index in [0.29, 0.717) is 4.87 Å². The van der Waals surface area contributed by atoms with Crippen LogP contribution in [0.25, 0.3) is 0 Å². The minimum Gasteiger partial charge on any atom is -0.301 e. The number of nitrogens with one attached hydrogen (secondary N) is 1. The SMILES string of the molecule is c1ccc(C2CCCCC23NCCS3)cc1. The van der Waals surface area contributed by atoms with Gasteiger partial charge in [-0.2, -0.15) is 0 Å². The highest BCUT2D eigenvalue weighted by molar-refractivity contribution is 8.00. The second-order valence-electron chi connectivity index (χ2n) is 4.87. The van der Waals surface area contributed by atoms with Crippen LogP contribution in [0, 0.1) is 0 Å². The van der Waals surface area contributed by atoms with Gasteiger partial charge in [0, 0.05) is 18.2 Å². The van der Waals surface area contributed by atoms with E-state index in [9.17, 15) is 0 Å². The van der Waals surface area contributed by atoms with Crippen LogP contribution >= 0.6 is 11.8 Å². The maximum atomic E-state index is 3.78. The number of hydrogen-bond acceptors (Lipinski definition) is 2. The molecule has 1 aromatic rings. The molecule has 1 aromatic carbocycles. The summed E-state index contributed by atoms with van der Waals surface area (Å²) in [4.78, 5) is 0.361. The van der Waals surface area contributed by atoms with Crippen molar-refractivity contribution in [3.8, 4) is 0 Å². The van der Waals surface area contributed by atoms with Crippen molar-refractivity contribution in [3.63, 3.8) is 0 Å². The number of rotatable bonds is 1. The molecule has 0 aromatic heterocycles. The lowest BCUT2D eigenvalue weighted by atomic mass is 9.79. The zero-order chi connectivity index (χ0) is 10.8. The Labute approximate surface area is 102 Å². The van der Waals surface area contributed by atoms with Crippen LogP contribution in [0.15, 0.2) is 30.3 Å². The molecule has 2 fully saturated rings. The summed E-state index contributed by atoms with van der Waals surface area (Å²) in [6.07, 6.45) is 5.48. The highest BCUT2D eigenvalue weighted by Gasteiger charge is 2.43. The smallest absolute Gasteiger partial charge is 0.0715 e. The van der Waals surface area contributed by atoms with Gasteiger partial charge in [-0.25, -0.2) is 0 Å². The maximum Gasteiger partial charge on any atom is 0.0715 e. The third-order valence-electron chi connectivity index (χ3n) is 3.94. The number of benzene rings is 1. The molecular weight excluding hydrogens is 214 g/mol.